The topological polar surface area (TPSA) is 57.1 Å². The summed E-state index contributed by atoms with van der Waals surface area (Å²) in [6, 6.07) is 10.6. The smallest absolute Gasteiger partial charge is 0.363 e. The quantitative estimate of drug-likeness (QED) is 0.496. The summed E-state index contributed by atoms with van der Waals surface area (Å²) < 4.78 is 16.9. The molecule has 0 aliphatic carbocycles. The van der Waals surface area contributed by atoms with Gasteiger partial charge in [0.2, 0.25) is 5.90 Å². The SMILES string of the molecule is CCOc1cc(/C=C2\N=C(c3cccc(Cl)c3)OC2=O)cc(Br)c1OC. The Morgan fingerprint density at radius 2 is 2.12 bits per heavy atom. The molecule has 0 aromatic heterocycles. The highest BCUT2D eigenvalue weighted by atomic mass is 79.9. The molecule has 2 aromatic carbocycles. The number of nitrogens with zero attached hydrogens (tertiary/aromatic N) is 1. The fourth-order valence-corrected chi connectivity index (χ4v) is 3.26. The summed E-state index contributed by atoms with van der Waals surface area (Å²) in [5.74, 6) is 0.860. The van der Waals surface area contributed by atoms with Crippen LogP contribution < -0.4 is 9.47 Å². The number of hydrogen-bond acceptors (Lipinski definition) is 5. The van der Waals surface area contributed by atoms with E-state index in [0.29, 0.717) is 33.2 Å². The van der Waals surface area contributed by atoms with Gasteiger partial charge >= 0.3 is 5.97 Å². The van der Waals surface area contributed by atoms with Crippen LogP contribution >= 0.6 is 27.5 Å². The average molecular weight is 437 g/mol. The Morgan fingerprint density at radius 3 is 2.81 bits per heavy atom. The third kappa shape index (κ3) is 3.92. The predicted octanol–water partition coefficient (Wildman–Crippen LogP) is 4.85. The number of halogens is 2. The van der Waals surface area contributed by atoms with E-state index in [1.165, 1.54) is 0 Å². The maximum Gasteiger partial charge on any atom is 0.363 e. The molecule has 1 heterocycles. The van der Waals surface area contributed by atoms with Gasteiger partial charge in [-0.05, 0) is 64.8 Å². The zero-order chi connectivity index (χ0) is 18.7. The Kier molecular flexibility index (Phi) is 5.64. The lowest BCUT2D eigenvalue weighted by Gasteiger charge is -2.12. The second-order valence-electron chi connectivity index (χ2n) is 5.31. The average Bonchev–Trinajstić information content (AvgIpc) is 2.96. The third-order valence-corrected chi connectivity index (χ3v) is 4.36. The summed E-state index contributed by atoms with van der Waals surface area (Å²) in [7, 11) is 1.57. The Hall–Kier alpha value is -2.31. The van der Waals surface area contributed by atoms with Crippen molar-refractivity contribution in [3.63, 3.8) is 0 Å². The molecule has 134 valence electrons. The van der Waals surface area contributed by atoms with Gasteiger partial charge in [-0.2, -0.15) is 0 Å². The molecule has 0 unspecified atom stereocenters. The van der Waals surface area contributed by atoms with Gasteiger partial charge in [-0.15, -0.1) is 0 Å². The van der Waals surface area contributed by atoms with Gasteiger partial charge in [-0.3, -0.25) is 0 Å². The highest BCUT2D eigenvalue weighted by Gasteiger charge is 2.24. The van der Waals surface area contributed by atoms with Gasteiger partial charge in [0.1, 0.15) is 0 Å². The van der Waals surface area contributed by atoms with Crippen molar-refractivity contribution >= 4 is 45.5 Å². The summed E-state index contributed by atoms with van der Waals surface area (Å²) >= 11 is 9.43. The normalized spacial score (nSPS) is 15.0. The van der Waals surface area contributed by atoms with E-state index in [9.17, 15) is 4.79 Å². The van der Waals surface area contributed by atoms with E-state index in [-0.39, 0.29) is 11.6 Å². The second-order valence-corrected chi connectivity index (χ2v) is 6.60. The minimum atomic E-state index is -0.523. The van der Waals surface area contributed by atoms with Crippen molar-refractivity contribution in [2.75, 3.05) is 13.7 Å². The predicted molar refractivity (Wildman–Crippen MR) is 104 cm³/mol. The van der Waals surface area contributed by atoms with Crippen LogP contribution in [0.1, 0.15) is 18.1 Å². The molecule has 5 nitrogen and oxygen atoms in total. The molecular weight excluding hydrogens is 422 g/mol. The zero-order valence-corrected chi connectivity index (χ0v) is 16.4. The second kappa shape index (κ2) is 7.93. The molecule has 0 saturated carbocycles. The van der Waals surface area contributed by atoms with Gasteiger partial charge in [0.05, 0.1) is 18.2 Å². The first-order valence-electron chi connectivity index (χ1n) is 7.80. The van der Waals surface area contributed by atoms with Crippen molar-refractivity contribution in [1.29, 1.82) is 0 Å². The minimum absolute atomic E-state index is 0.194. The highest BCUT2D eigenvalue weighted by molar-refractivity contribution is 9.10. The maximum atomic E-state index is 12.2. The van der Waals surface area contributed by atoms with Crippen LogP contribution in [0.4, 0.5) is 0 Å². The molecule has 26 heavy (non-hydrogen) atoms. The molecule has 0 spiro atoms. The van der Waals surface area contributed by atoms with Gasteiger partial charge in [0.25, 0.3) is 0 Å². The van der Waals surface area contributed by atoms with Crippen molar-refractivity contribution in [2.45, 2.75) is 6.92 Å². The van der Waals surface area contributed by atoms with E-state index in [2.05, 4.69) is 20.9 Å². The molecule has 0 radical (unpaired) electrons. The van der Waals surface area contributed by atoms with Crippen LogP contribution in [0.25, 0.3) is 6.08 Å². The molecule has 0 N–H and O–H groups in total. The van der Waals surface area contributed by atoms with E-state index in [4.69, 9.17) is 25.8 Å². The summed E-state index contributed by atoms with van der Waals surface area (Å²) in [4.78, 5) is 16.4. The molecule has 0 atom stereocenters. The van der Waals surface area contributed by atoms with Gasteiger partial charge < -0.3 is 14.2 Å². The van der Waals surface area contributed by atoms with Crippen LogP contribution in [0.2, 0.25) is 5.02 Å². The molecule has 2 aromatic rings. The summed E-state index contributed by atoms with van der Waals surface area (Å²) in [5.41, 5.74) is 1.56. The number of esters is 1. The van der Waals surface area contributed by atoms with Crippen molar-refractivity contribution in [1.82, 2.24) is 0 Å². The standard InChI is InChI=1S/C19H15BrClNO4/c1-3-25-16-9-11(7-14(20)17(16)24-2)8-15-19(23)26-18(22-15)12-5-4-6-13(21)10-12/h4-10H,3H2,1-2H3/b15-8-. The van der Waals surface area contributed by atoms with Crippen molar-refractivity contribution < 1.29 is 19.0 Å². The first-order valence-corrected chi connectivity index (χ1v) is 8.97. The lowest BCUT2D eigenvalue weighted by atomic mass is 10.1. The first-order chi connectivity index (χ1) is 12.5. The molecule has 1 aliphatic heterocycles. The number of carbonyl (C=O) groups is 1. The number of cyclic esters (lactones) is 1. The first kappa shape index (κ1) is 18.5. The maximum absolute atomic E-state index is 12.2. The molecule has 0 bridgehead atoms. The van der Waals surface area contributed by atoms with Gasteiger partial charge in [-0.25, -0.2) is 9.79 Å². The van der Waals surface area contributed by atoms with Crippen LogP contribution in [-0.4, -0.2) is 25.6 Å². The fourth-order valence-electron chi connectivity index (χ4n) is 2.44. The Balaban J connectivity index is 1.98. The zero-order valence-electron chi connectivity index (χ0n) is 14.1. The van der Waals surface area contributed by atoms with Crippen LogP contribution in [0, 0.1) is 0 Å². The Labute approximate surface area is 164 Å². The molecule has 1 aliphatic rings. The molecule has 7 heteroatoms. The highest BCUT2D eigenvalue weighted by Crippen LogP contribution is 2.37. The van der Waals surface area contributed by atoms with Crippen LogP contribution in [0.3, 0.4) is 0 Å². The number of benzene rings is 2. The van der Waals surface area contributed by atoms with Crippen LogP contribution in [0.5, 0.6) is 11.5 Å². The molecule has 0 fully saturated rings. The molecular formula is C19H15BrClNO4. The van der Waals surface area contributed by atoms with E-state index < -0.39 is 5.97 Å². The monoisotopic (exact) mass is 435 g/mol. The third-order valence-electron chi connectivity index (χ3n) is 3.53. The van der Waals surface area contributed by atoms with E-state index >= 15 is 0 Å². The molecule has 3 rings (SSSR count). The van der Waals surface area contributed by atoms with Gasteiger partial charge in [0.15, 0.2) is 17.2 Å². The van der Waals surface area contributed by atoms with E-state index in [1.54, 1.807) is 43.5 Å². The lowest BCUT2D eigenvalue weighted by Crippen LogP contribution is -2.05. The fraction of sp³-hybridized carbons (Fsp3) is 0.158. The lowest BCUT2D eigenvalue weighted by molar-refractivity contribution is -0.129. The number of rotatable bonds is 5. The number of ether oxygens (including phenoxy) is 3. The van der Waals surface area contributed by atoms with Gasteiger partial charge in [-0.1, -0.05) is 17.7 Å². The summed E-state index contributed by atoms with van der Waals surface area (Å²) in [6.07, 6.45) is 1.63. The van der Waals surface area contributed by atoms with E-state index in [0.717, 1.165) is 5.56 Å². The van der Waals surface area contributed by atoms with E-state index in [1.807, 2.05) is 13.0 Å². The number of aliphatic imine (C=N–C) groups is 1. The number of methoxy groups -OCH3 is 1. The summed E-state index contributed by atoms with van der Waals surface area (Å²) in [6.45, 7) is 2.37. The summed E-state index contributed by atoms with van der Waals surface area (Å²) in [5, 5.41) is 0.541. The van der Waals surface area contributed by atoms with Crippen molar-refractivity contribution in [3.05, 3.63) is 62.7 Å². The largest absolute Gasteiger partial charge is 0.492 e. The Morgan fingerprint density at radius 1 is 1.31 bits per heavy atom. The number of carbonyl (C=O) groups excluding carboxylic acids is 1. The Bertz CT molecular complexity index is 924. The number of hydrogen-bond donors (Lipinski definition) is 0. The van der Waals surface area contributed by atoms with Crippen LogP contribution in [0.15, 0.2) is 51.6 Å². The van der Waals surface area contributed by atoms with Gasteiger partial charge in [0, 0.05) is 10.6 Å². The van der Waals surface area contributed by atoms with Crippen molar-refractivity contribution in [2.24, 2.45) is 4.99 Å². The molecule has 0 saturated heterocycles. The molecule has 0 amide bonds. The minimum Gasteiger partial charge on any atom is -0.492 e. The van der Waals surface area contributed by atoms with Crippen LogP contribution in [-0.2, 0) is 9.53 Å². The van der Waals surface area contributed by atoms with Crippen molar-refractivity contribution in [3.8, 4) is 11.5 Å².